The fraction of sp³-hybridized carbons (Fsp3) is 0.800. The Labute approximate surface area is 65.4 Å². The van der Waals surface area contributed by atoms with Crippen molar-refractivity contribution in [1.82, 2.24) is 10.6 Å². The van der Waals surface area contributed by atoms with Crippen LogP contribution in [0.2, 0.25) is 0 Å². The van der Waals surface area contributed by atoms with E-state index in [1.54, 1.807) is 0 Å². The number of aliphatic hydroxyl groups is 1. The van der Waals surface area contributed by atoms with Crippen molar-refractivity contribution >= 4 is 18.3 Å². The van der Waals surface area contributed by atoms with Gasteiger partial charge in [-0.15, -0.1) is 12.4 Å². The Morgan fingerprint density at radius 3 is 2.80 bits per heavy atom. The van der Waals surface area contributed by atoms with Gasteiger partial charge in [-0.05, 0) is 0 Å². The summed E-state index contributed by atoms with van der Waals surface area (Å²) in [5.41, 5.74) is 0. The van der Waals surface area contributed by atoms with Gasteiger partial charge in [0, 0.05) is 6.54 Å². The first-order valence-corrected chi connectivity index (χ1v) is 2.94. The van der Waals surface area contributed by atoms with E-state index in [4.69, 9.17) is 5.11 Å². The molecule has 60 valence electrons. The van der Waals surface area contributed by atoms with Gasteiger partial charge in [-0.2, -0.15) is 0 Å². The van der Waals surface area contributed by atoms with Crippen molar-refractivity contribution < 1.29 is 9.90 Å². The molecular weight excluding hydrogens is 156 g/mol. The SMILES string of the molecule is Cl.O=C1CNCC(CO)N1. The molecule has 0 aromatic heterocycles. The van der Waals surface area contributed by atoms with E-state index in [0.717, 1.165) is 0 Å². The Kier molecular flexibility index (Phi) is 4.34. The van der Waals surface area contributed by atoms with Gasteiger partial charge in [-0.3, -0.25) is 4.79 Å². The van der Waals surface area contributed by atoms with E-state index in [2.05, 4.69) is 10.6 Å². The van der Waals surface area contributed by atoms with Crippen molar-refractivity contribution in [3.8, 4) is 0 Å². The molecule has 3 N–H and O–H groups in total. The number of hydrogen-bond donors (Lipinski definition) is 3. The minimum Gasteiger partial charge on any atom is -0.394 e. The van der Waals surface area contributed by atoms with Gasteiger partial charge in [0.05, 0.1) is 19.2 Å². The monoisotopic (exact) mass is 166 g/mol. The third kappa shape index (κ3) is 2.51. The van der Waals surface area contributed by atoms with Crippen molar-refractivity contribution in [2.75, 3.05) is 19.7 Å². The molecule has 4 nitrogen and oxygen atoms in total. The number of amides is 1. The predicted molar refractivity (Wildman–Crippen MR) is 39.1 cm³/mol. The predicted octanol–water partition coefficient (Wildman–Crippen LogP) is -1.51. The van der Waals surface area contributed by atoms with Crippen LogP contribution in [0, 0.1) is 0 Å². The summed E-state index contributed by atoms with van der Waals surface area (Å²) in [7, 11) is 0. The van der Waals surface area contributed by atoms with E-state index in [-0.39, 0.29) is 31.0 Å². The van der Waals surface area contributed by atoms with E-state index >= 15 is 0 Å². The van der Waals surface area contributed by atoms with E-state index in [1.807, 2.05) is 0 Å². The van der Waals surface area contributed by atoms with Gasteiger partial charge in [0.1, 0.15) is 0 Å². The summed E-state index contributed by atoms with van der Waals surface area (Å²) < 4.78 is 0. The van der Waals surface area contributed by atoms with E-state index < -0.39 is 0 Å². The lowest BCUT2D eigenvalue weighted by Crippen LogP contribution is -2.53. The topological polar surface area (TPSA) is 61.4 Å². The van der Waals surface area contributed by atoms with Gasteiger partial charge in [-0.1, -0.05) is 0 Å². The molecule has 0 aliphatic carbocycles. The minimum absolute atomic E-state index is 0. The van der Waals surface area contributed by atoms with Gasteiger partial charge in [0.15, 0.2) is 0 Å². The second-order valence-corrected chi connectivity index (χ2v) is 2.08. The third-order valence-corrected chi connectivity index (χ3v) is 1.26. The molecule has 0 aromatic carbocycles. The van der Waals surface area contributed by atoms with Gasteiger partial charge in [0.25, 0.3) is 0 Å². The van der Waals surface area contributed by atoms with Crippen LogP contribution < -0.4 is 10.6 Å². The smallest absolute Gasteiger partial charge is 0.234 e. The maximum absolute atomic E-state index is 10.5. The van der Waals surface area contributed by atoms with Crippen molar-refractivity contribution in [2.45, 2.75) is 6.04 Å². The van der Waals surface area contributed by atoms with Crippen LogP contribution in [0.4, 0.5) is 0 Å². The maximum Gasteiger partial charge on any atom is 0.234 e. The maximum atomic E-state index is 10.5. The number of piperazine rings is 1. The molecule has 1 rings (SSSR count). The Hall–Kier alpha value is -0.320. The zero-order chi connectivity index (χ0) is 6.69. The molecule has 0 radical (unpaired) electrons. The number of carbonyl (C=O) groups is 1. The number of aliphatic hydroxyl groups excluding tert-OH is 1. The molecule has 1 fully saturated rings. The molecule has 0 spiro atoms. The first-order chi connectivity index (χ1) is 4.33. The fourth-order valence-electron chi connectivity index (χ4n) is 0.800. The quantitative estimate of drug-likeness (QED) is 0.444. The lowest BCUT2D eigenvalue weighted by atomic mass is 10.2. The first-order valence-electron chi connectivity index (χ1n) is 2.94. The van der Waals surface area contributed by atoms with E-state index in [0.29, 0.717) is 13.1 Å². The Bertz CT molecular complexity index is 120. The highest BCUT2D eigenvalue weighted by Crippen LogP contribution is 1.84. The number of nitrogens with one attached hydrogen (secondary N) is 2. The summed E-state index contributed by atoms with van der Waals surface area (Å²) in [6, 6.07) is -0.0914. The van der Waals surface area contributed by atoms with Gasteiger partial charge < -0.3 is 15.7 Å². The molecule has 5 heteroatoms. The highest BCUT2D eigenvalue weighted by Gasteiger charge is 2.15. The van der Waals surface area contributed by atoms with Crippen LogP contribution in [0.5, 0.6) is 0 Å². The summed E-state index contributed by atoms with van der Waals surface area (Å²) in [4.78, 5) is 10.5. The van der Waals surface area contributed by atoms with Crippen LogP contribution in [-0.4, -0.2) is 36.8 Å². The van der Waals surface area contributed by atoms with Crippen molar-refractivity contribution in [1.29, 1.82) is 0 Å². The largest absolute Gasteiger partial charge is 0.394 e. The van der Waals surface area contributed by atoms with Crippen LogP contribution in [0.15, 0.2) is 0 Å². The second-order valence-electron chi connectivity index (χ2n) is 2.08. The van der Waals surface area contributed by atoms with E-state index in [9.17, 15) is 4.79 Å². The first kappa shape index (κ1) is 9.68. The molecule has 1 heterocycles. The Balaban J connectivity index is 0.000000810. The van der Waals surface area contributed by atoms with Crippen LogP contribution in [-0.2, 0) is 4.79 Å². The summed E-state index contributed by atoms with van der Waals surface area (Å²) in [6.07, 6.45) is 0. The highest BCUT2D eigenvalue weighted by molar-refractivity contribution is 5.85. The molecule has 1 aliphatic heterocycles. The van der Waals surface area contributed by atoms with Crippen LogP contribution in [0.3, 0.4) is 0 Å². The molecule has 0 bridgehead atoms. The Morgan fingerprint density at radius 1 is 1.70 bits per heavy atom. The molecule has 1 amide bonds. The highest BCUT2D eigenvalue weighted by atomic mass is 35.5. The molecule has 1 atom stereocenters. The summed E-state index contributed by atoms with van der Waals surface area (Å²) in [6.45, 7) is 1.05. The van der Waals surface area contributed by atoms with Crippen molar-refractivity contribution in [2.24, 2.45) is 0 Å². The average Bonchev–Trinajstić information content (AvgIpc) is 1.88. The van der Waals surface area contributed by atoms with Crippen LogP contribution >= 0.6 is 12.4 Å². The number of hydrogen-bond acceptors (Lipinski definition) is 3. The number of halogens is 1. The molecule has 1 unspecified atom stereocenters. The second kappa shape index (κ2) is 4.49. The van der Waals surface area contributed by atoms with Crippen LogP contribution in [0.1, 0.15) is 0 Å². The van der Waals surface area contributed by atoms with Gasteiger partial charge in [-0.25, -0.2) is 0 Å². The summed E-state index contributed by atoms with van der Waals surface area (Å²) >= 11 is 0. The molecule has 10 heavy (non-hydrogen) atoms. The van der Waals surface area contributed by atoms with Gasteiger partial charge >= 0.3 is 0 Å². The normalized spacial score (nSPS) is 24.9. The lowest BCUT2D eigenvalue weighted by molar-refractivity contribution is -0.122. The van der Waals surface area contributed by atoms with Crippen LogP contribution in [0.25, 0.3) is 0 Å². The van der Waals surface area contributed by atoms with E-state index in [1.165, 1.54) is 0 Å². The zero-order valence-electron chi connectivity index (χ0n) is 5.46. The molecule has 0 saturated carbocycles. The Morgan fingerprint density at radius 2 is 2.40 bits per heavy atom. The molecular formula is C5H11ClN2O2. The molecule has 1 saturated heterocycles. The zero-order valence-corrected chi connectivity index (χ0v) is 6.28. The fourth-order valence-corrected chi connectivity index (χ4v) is 0.800. The van der Waals surface area contributed by atoms with Crippen molar-refractivity contribution in [3.05, 3.63) is 0 Å². The average molecular weight is 167 g/mol. The summed E-state index contributed by atoms with van der Waals surface area (Å²) in [5.74, 6) is -0.0414. The van der Waals surface area contributed by atoms with Crippen molar-refractivity contribution in [3.63, 3.8) is 0 Å². The third-order valence-electron chi connectivity index (χ3n) is 1.26. The summed E-state index contributed by atoms with van der Waals surface area (Å²) in [5, 5.41) is 14.0. The molecule has 0 aromatic rings. The molecule has 1 aliphatic rings. The van der Waals surface area contributed by atoms with Gasteiger partial charge in [0.2, 0.25) is 5.91 Å². The lowest BCUT2D eigenvalue weighted by Gasteiger charge is -2.21. The minimum atomic E-state index is -0.0914. The standard InChI is InChI=1S/C5H10N2O2.ClH/c8-3-4-1-6-2-5(9)7-4;/h4,6,8H,1-3H2,(H,7,9);1H. The number of rotatable bonds is 1. The number of carbonyl (C=O) groups excluding carboxylic acids is 1.